The van der Waals surface area contributed by atoms with Crippen molar-refractivity contribution in [2.75, 3.05) is 6.61 Å². The number of fused-ring (bicyclic) bond motifs is 1. The van der Waals surface area contributed by atoms with Crippen LogP contribution in [0, 0.1) is 13.8 Å². The number of hydrogen-bond donors (Lipinski definition) is 0. The molecule has 0 spiro atoms. The molecule has 1 aromatic heterocycles. The summed E-state index contributed by atoms with van der Waals surface area (Å²) < 4.78 is 5.01. The molecule has 2 aromatic rings. The molecule has 18 heavy (non-hydrogen) atoms. The molecule has 4 heteroatoms. The molecule has 1 heterocycles. The summed E-state index contributed by atoms with van der Waals surface area (Å²) in [5.41, 5.74) is 2.91. The highest BCUT2D eigenvalue weighted by Gasteiger charge is 2.14. The van der Waals surface area contributed by atoms with Gasteiger partial charge in [0.1, 0.15) is 0 Å². The van der Waals surface area contributed by atoms with Crippen LogP contribution >= 0.6 is 11.6 Å². The molecule has 0 radical (unpaired) electrons. The lowest BCUT2D eigenvalue weighted by atomic mass is 10.1. The van der Waals surface area contributed by atoms with Crippen LogP contribution in [0.25, 0.3) is 10.9 Å². The third kappa shape index (κ3) is 2.18. The molecule has 0 amide bonds. The van der Waals surface area contributed by atoms with Crippen LogP contribution in [-0.2, 0) is 4.74 Å². The van der Waals surface area contributed by atoms with Crippen molar-refractivity contribution in [3.05, 3.63) is 40.0 Å². The largest absolute Gasteiger partial charge is 0.462 e. The lowest BCUT2D eigenvalue weighted by molar-refractivity contribution is 0.0525. The Kier molecular flexibility index (Phi) is 3.53. The predicted molar refractivity (Wildman–Crippen MR) is 72.2 cm³/mol. The van der Waals surface area contributed by atoms with E-state index in [4.69, 9.17) is 16.3 Å². The maximum absolute atomic E-state index is 11.8. The Labute approximate surface area is 111 Å². The van der Waals surface area contributed by atoms with E-state index in [0.29, 0.717) is 22.9 Å². The standard InChI is InChI=1S/C14H14ClNO2/c1-4-18-14(17)11-7-10-5-6-12(15)8(2)13(10)16-9(11)3/h5-7H,4H2,1-3H3. The molecule has 0 fully saturated rings. The number of esters is 1. The van der Waals surface area contributed by atoms with Gasteiger partial charge in [-0.2, -0.15) is 0 Å². The Morgan fingerprint density at radius 1 is 1.39 bits per heavy atom. The normalized spacial score (nSPS) is 10.7. The van der Waals surface area contributed by atoms with E-state index in [1.807, 2.05) is 19.1 Å². The van der Waals surface area contributed by atoms with Crippen molar-refractivity contribution in [1.29, 1.82) is 0 Å². The van der Waals surface area contributed by atoms with E-state index in [1.165, 1.54) is 0 Å². The predicted octanol–water partition coefficient (Wildman–Crippen LogP) is 3.68. The summed E-state index contributed by atoms with van der Waals surface area (Å²) in [4.78, 5) is 16.2. The average molecular weight is 264 g/mol. The number of nitrogens with zero attached hydrogens (tertiary/aromatic N) is 1. The first-order valence-electron chi connectivity index (χ1n) is 5.78. The lowest BCUT2D eigenvalue weighted by Gasteiger charge is -2.09. The van der Waals surface area contributed by atoms with Crippen LogP contribution in [0.5, 0.6) is 0 Å². The van der Waals surface area contributed by atoms with Gasteiger partial charge in [0.2, 0.25) is 0 Å². The van der Waals surface area contributed by atoms with Crippen LogP contribution in [0.1, 0.15) is 28.5 Å². The van der Waals surface area contributed by atoms with Gasteiger partial charge in [0.15, 0.2) is 0 Å². The maximum Gasteiger partial charge on any atom is 0.339 e. The van der Waals surface area contributed by atoms with Crippen molar-refractivity contribution in [2.45, 2.75) is 20.8 Å². The quantitative estimate of drug-likeness (QED) is 0.776. The molecule has 0 N–H and O–H groups in total. The summed E-state index contributed by atoms with van der Waals surface area (Å²) in [6, 6.07) is 5.48. The molecule has 0 saturated heterocycles. The number of benzene rings is 1. The van der Waals surface area contributed by atoms with Crippen molar-refractivity contribution in [3.63, 3.8) is 0 Å². The zero-order valence-corrected chi connectivity index (χ0v) is 11.3. The highest BCUT2D eigenvalue weighted by atomic mass is 35.5. The summed E-state index contributed by atoms with van der Waals surface area (Å²) in [5.74, 6) is -0.336. The molecular weight excluding hydrogens is 250 g/mol. The Morgan fingerprint density at radius 3 is 2.78 bits per heavy atom. The first-order valence-corrected chi connectivity index (χ1v) is 6.16. The minimum Gasteiger partial charge on any atom is -0.462 e. The van der Waals surface area contributed by atoms with Crippen molar-refractivity contribution < 1.29 is 9.53 Å². The second-order valence-corrected chi connectivity index (χ2v) is 4.49. The summed E-state index contributed by atoms with van der Waals surface area (Å²) >= 11 is 6.06. The monoisotopic (exact) mass is 263 g/mol. The molecule has 3 nitrogen and oxygen atoms in total. The smallest absolute Gasteiger partial charge is 0.339 e. The number of carbonyl (C=O) groups excluding carboxylic acids is 1. The number of halogens is 1. The van der Waals surface area contributed by atoms with Gasteiger partial charge in [0.25, 0.3) is 0 Å². The Morgan fingerprint density at radius 2 is 2.11 bits per heavy atom. The van der Waals surface area contributed by atoms with Crippen LogP contribution in [0.2, 0.25) is 5.02 Å². The molecule has 0 saturated carbocycles. The van der Waals surface area contributed by atoms with Gasteiger partial charge in [-0.05, 0) is 38.5 Å². The van der Waals surface area contributed by atoms with Crippen LogP contribution in [0.4, 0.5) is 0 Å². The Bertz CT molecular complexity index is 623. The van der Waals surface area contributed by atoms with Gasteiger partial charge in [-0.1, -0.05) is 17.7 Å². The molecule has 0 bridgehead atoms. The fraction of sp³-hybridized carbons (Fsp3) is 0.286. The number of carbonyl (C=O) groups is 1. The van der Waals surface area contributed by atoms with Gasteiger partial charge in [0, 0.05) is 10.4 Å². The van der Waals surface area contributed by atoms with E-state index in [1.54, 1.807) is 19.9 Å². The van der Waals surface area contributed by atoms with E-state index < -0.39 is 0 Å². The van der Waals surface area contributed by atoms with E-state index in [2.05, 4.69) is 4.98 Å². The molecular formula is C14H14ClNO2. The molecule has 0 aliphatic rings. The van der Waals surface area contributed by atoms with Crippen LogP contribution in [-0.4, -0.2) is 17.6 Å². The molecule has 94 valence electrons. The number of aryl methyl sites for hydroxylation is 2. The Balaban J connectivity index is 2.63. The molecule has 1 aromatic carbocycles. The minimum atomic E-state index is -0.336. The number of rotatable bonds is 2. The van der Waals surface area contributed by atoms with Gasteiger partial charge in [-0.3, -0.25) is 4.98 Å². The molecule has 2 rings (SSSR count). The third-order valence-electron chi connectivity index (χ3n) is 2.86. The summed E-state index contributed by atoms with van der Waals surface area (Å²) in [6.45, 7) is 5.86. The molecule has 0 atom stereocenters. The zero-order valence-electron chi connectivity index (χ0n) is 10.6. The third-order valence-corrected chi connectivity index (χ3v) is 3.27. The molecule has 0 aliphatic heterocycles. The van der Waals surface area contributed by atoms with E-state index in [9.17, 15) is 4.79 Å². The van der Waals surface area contributed by atoms with Crippen molar-refractivity contribution >= 4 is 28.5 Å². The topological polar surface area (TPSA) is 39.2 Å². The van der Waals surface area contributed by atoms with Crippen molar-refractivity contribution in [1.82, 2.24) is 4.98 Å². The SMILES string of the molecule is CCOC(=O)c1cc2ccc(Cl)c(C)c2nc1C. The fourth-order valence-corrected chi connectivity index (χ4v) is 2.02. The van der Waals surface area contributed by atoms with Crippen molar-refractivity contribution in [3.8, 4) is 0 Å². The second kappa shape index (κ2) is 4.94. The number of pyridine rings is 1. The first-order chi connectivity index (χ1) is 8.54. The molecule has 0 unspecified atom stereocenters. The van der Waals surface area contributed by atoms with Gasteiger partial charge >= 0.3 is 5.97 Å². The van der Waals surface area contributed by atoms with Gasteiger partial charge in [0.05, 0.1) is 23.4 Å². The van der Waals surface area contributed by atoms with Gasteiger partial charge in [-0.25, -0.2) is 4.79 Å². The average Bonchev–Trinajstić information content (AvgIpc) is 2.34. The van der Waals surface area contributed by atoms with E-state index >= 15 is 0 Å². The van der Waals surface area contributed by atoms with Gasteiger partial charge in [-0.15, -0.1) is 0 Å². The second-order valence-electron chi connectivity index (χ2n) is 4.09. The molecule has 0 aliphatic carbocycles. The van der Waals surface area contributed by atoms with Crippen LogP contribution < -0.4 is 0 Å². The fourth-order valence-electron chi connectivity index (χ4n) is 1.86. The first kappa shape index (κ1) is 12.8. The van der Waals surface area contributed by atoms with E-state index in [0.717, 1.165) is 16.5 Å². The van der Waals surface area contributed by atoms with Crippen LogP contribution in [0.3, 0.4) is 0 Å². The number of ether oxygens (including phenoxy) is 1. The van der Waals surface area contributed by atoms with Crippen LogP contribution in [0.15, 0.2) is 18.2 Å². The highest BCUT2D eigenvalue weighted by molar-refractivity contribution is 6.32. The number of aromatic nitrogens is 1. The van der Waals surface area contributed by atoms with E-state index in [-0.39, 0.29) is 5.97 Å². The lowest BCUT2D eigenvalue weighted by Crippen LogP contribution is -2.08. The zero-order chi connectivity index (χ0) is 13.3. The minimum absolute atomic E-state index is 0.336. The highest BCUT2D eigenvalue weighted by Crippen LogP contribution is 2.25. The van der Waals surface area contributed by atoms with Gasteiger partial charge < -0.3 is 4.74 Å². The Hall–Kier alpha value is -1.61. The maximum atomic E-state index is 11.8. The number of hydrogen-bond acceptors (Lipinski definition) is 3. The summed E-state index contributed by atoms with van der Waals surface area (Å²) in [7, 11) is 0. The van der Waals surface area contributed by atoms with Crippen molar-refractivity contribution in [2.24, 2.45) is 0 Å². The summed E-state index contributed by atoms with van der Waals surface area (Å²) in [6.07, 6.45) is 0. The summed E-state index contributed by atoms with van der Waals surface area (Å²) in [5, 5.41) is 1.57.